The minimum atomic E-state index is -0.551. The number of hydrogen-bond donors (Lipinski definition) is 0. The summed E-state index contributed by atoms with van der Waals surface area (Å²) in [5.41, 5.74) is 1.18. The highest BCUT2D eigenvalue weighted by Crippen LogP contribution is 2.46. The van der Waals surface area contributed by atoms with Gasteiger partial charge in [0.2, 0.25) is 0 Å². The minimum Gasteiger partial charge on any atom is -0.444 e. The predicted octanol–water partition coefficient (Wildman–Crippen LogP) is 5.02. The van der Waals surface area contributed by atoms with Crippen molar-refractivity contribution >= 4 is 22.9 Å². The van der Waals surface area contributed by atoms with Crippen molar-refractivity contribution in [2.75, 3.05) is 24.5 Å². The molecule has 0 radical (unpaired) electrons. The molecule has 1 aliphatic heterocycles. The van der Waals surface area contributed by atoms with Crippen molar-refractivity contribution in [2.45, 2.75) is 58.1 Å². The van der Waals surface area contributed by atoms with E-state index in [-0.39, 0.29) is 17.8 Å². The third-order valence-corrected chi connectivity index (χ3v) is 6.33. The molecule has 1 saturated heterocycles. The van der Waals surface area contributed by atoms with Crippen LogP contribution in [-0.2, 0) is 4.74 Å². The molecule has 7 nitrogen and oxygen atoms in total. The van der Waals surface area contributed by atoms with Gasteiger partial charge in [0.05, 0.1) is 11.1 Å². The number of benzene rings is 1. The van der Waals surface area contributed by atoms with Gasteiger partial charge < -0.3 is 14.5 Å². The van der Waals surface area contributed by atoms with Crippen molar-refractivity contribution in [3.63, 3.8) is 0 Å². The summed E-state index contributed by atoms with van der Waals surface area (Å²) in [4.78, 5) is 25.6. The molecule has 0 N–H and O–H groups in total. The molecule has 1 saturated carbocycles. The average Bonchev–Trinajstić information content (AvgIpc) is 3.54. The Bertz CT molecular complexity index is 1250. The van der Waals surface area contributed by atoms with Crippen LogP contribution < -0.4 is 4.90 Å². The molecule has 1 amide bonds. The first-order valence-electron chi connectivity index (χ1n) is 11.7. The van der Waals surface area contributed by atoms with E-state index in [1.165, 1.54) is 12.4 Å². The molecule has 0 unspecified atom stereocenters. The highest BCUT2D eigenvalue weighted by Gasteiger charge is 2.35. The molecular weight excluding hydrogens is 440 g/mol. The summed E-state index contributed by atoms with van der Waals surface area (Å²) in [5, 5.41) is 0.867. The molecule has 3 aromatic rings. The third-order valence-electron chi connectivity index (χ3n) is 6.33. The van der Waals surface area contributed by atoms with Crippen LogP contribution in [0.1, 0.15) is 52.0 Å². The summed E-state index contributed by atoms with van der Waals surface area (Å²) < 4.78 is 35.8. The van der Waals surface area contributed by atoms with E-state index in [4.69, 9.17) is 4.74 Å². The summed E-state index contributed by atoms with van der Waals surface area (Å²) in [6, 6.07) is 3.42. The molecule has 1 atom stereocenters. The highest BCUT2D eigenvalue weighted by molar-refractivity contribution is 5.93. The Morgan fingerprint density at radius 1 is 1.15 bits per heavy atom. The van der Waals surface area contributed by atoms with Crippen LogP contribution in [0.5, 0.6) is 0 Å². The number of halogens is 2. The van der Waals surface area contributed by atoms with Crippen molar-refractivity contribution in [3.05, 3.63) is 47.9 Å². The van der Waals surface area contributed by atoms with E-state index in [0.717, 1.165) is 41.7 Å². The lowest BCUT2D eigenvalue weighted by molar-refractivity contribution is 0.0218. The molecule has 0 spiro atoms. The van der Waals surface area contributed by atoms with Crippen LogP contribution in [0.4, 0.5) is 19.4 Å². The molecule has 0 bridgehead atoms. The average molecular weight is 470 g/mol. The number of hydrogen-bond acceptors (Lipinski definition) is 5. The molecule has 1 aliphatic carbocycles. The fourth-order valence-electron chi connectivity index (χ4n) is 4.61. The standard InChI is InChI=1S/C25H29F2N5O2/c1-15-12-30(24(33)34-25(2,3)4)9-10-31(15)22-21-18(16-5-6-16)13-32(23(21)29-14-28-22)20-11-17(26)7-8-19(20)27/h7-8,11,13-16H,5-6,9-10,12H2,1-4H3/t15-/m0/s1. The van der Waals surface area contributed by atoms with Crippen LogP contribution in [-0.4, -0.2) is 56.8 Å². The van der Waals surface area contributed by atoms with Crippen LogP contribution in [0.25, 0.3) is 16.7 Å². The first-order chi connectivity index (χ1) is 16.1. The number of nitrogens with zero attached hydrogens (tertiary/aromatic N) is 5. The van der Waals surface area contributed by atoms with E-state index < -0.39 is 17.2 Å². The first kappa shape index (κ1) is 22.6. The third kappa shape index (κ3) is 4.19. The topological polar surface area (TPSA) is 63.5 Å². The zero-order valence-corrected chi connectivity index (χ0v) is 19.9. The van der Waals surface area contributed by atoms with Gasteiger partial charge in [0.25, 0.3) is 0 Å². The summed E-state index contributed by atoms with van der Waals surface area (Å²) in [6.45, 7) is 9.19. The van der Waals surface area contributed by atoms with Gasteiger partial charge in [-0.3, -0.25) is 4.57 Å². The SMILES string of the molecule is C[C@H]1CN(C(=O)OC(C)(C)C)CCN1c1ncnc2c1c(C1CC1)cn2-c1cc(F)ccc1F. The van der Waals surface area contributed by atoms with Crippen LogP contribution >= 0.6 is 0 Å². The number of carbonyl (C=O) groups is 1. The summed E-state index contributed by atoms with van der Waals surface area (Å²) >= 11 is 0. The fraction of sp³-hybridized carbons (Fsp3) is 0.480. The van der Waals surface area contributed by atoms with Crippen molar-refractivity contribution in [2.24, 2.45) is 0 Å². The van der Waals surface area contributed by atoms with Gasteiger partial charge in [-0.2, -0.15) is 0 Å². The lowest BCUT2D eigenvalue weighted by atomic mass is 10.1. The van der Waals surface area contributed by atoms with Gasteiger partial charge in [-0.05, 0) is 64.2 Å². The maximum absolute atomic E-state index is 14.7. The minimum absolute atomic E-state index is 0.0133. The second-order valence-electron chi connectivity index (χ2n) is 10.2. The van der Waals surface area contributed by atoms with Gasteiger partial charge in [0.1, 0.15) is 35.0 Å². The molecule has 2 aromatic heterocycles. The number of ether oxygens (including phenoxy) is 1. The molecule has 1 aromatic carbocycles. The zero-order valence-electron chi connectivity index (χ0n) is 19.9. The Morgan fingerprint density at radius 3 is 2.59 bits per heavy atom. The van der Waals surface area contributed by atoms with Crippen LogP contribution in [0.3, 0.4) is 0 Å². The van der Waals surface area contributed by atoms with Gasteiger partial charge in [0.15, 0.2) is 0 Å². The van der Waals surface area contributed by atoms with Gasteiger partial charge in [-0.25, -0.2) is 23.5 Å². The Hall–Kier alpha value is -3.23. The highest BCUT2D eigenvalue weighted by atomic mass is 19.1. The molecule has 34 heavy (non-hydrogen) atoms. The van der Waals surface area contributed by atoms with Gasteiger partial charge in [-0.1, -0.05) is 0 Å². The number of aromatic nitrogens is 3. The fourth-order valence-corrected chi connectivity index (χ4v) is 4.61. The molecule has 2 aliphatic rings. The quantitative estimate of drug-likeness (QED) is 0.539. The summed E-state index contributed by atoms with van der Waals surface area (Å²) in [7, 11) is 0. The van der Waals surface area contributed by atoms with E-state index >= 15 is 0 Å². The lowest BCUT2D eigenvalue weighted by Crippen LogP contribution is -2.54. The Morgan fingerprint density at radius 2 is 1.91 bits per heavy atom. The largest absolute Gasteiger partial charge is 0.444 e. The van der Waals surface area contributed by atoms with E-state index in [9.17, 15) is 13.6 Å². The van der Waals surface area contributed by atoms with Gasteiger partial charge in [-0.15, -0.1) is 0 Å². The van der Waals surface area contributed by atoms with Crippen molar-refractivity contribution in [3.8, 4) is 5.69 Å². The van der Waals surface area contributed by atoms with E-state index in [0.29, 0.717) is 31.2 Å². The van der Waals surface area contributed by atoms with Crippen LogP contribution in [0.2, 0.25) is 0 Å². The van der Waals surface area contributed by atoms with E-state index in [1.807, 2.05) is 33.9 Å². The first-order valence-corrected chi connectivity index (χ1v) is 11.7. The van der Waals surface area contributed by atoms with Gasteiger partial charge in [0, 0.05) is 37.9 Å². The molecular formula is C25H29F2N5O2. The lowest BCUT2D eigenvalue weighted by Gasteiger charge is -2.41. The smallest absolute Gasteiger partial charge is 0.410 e. The predicted molar refractivity (Wildman–Crippen MR) is 125 cm³/mol. The molecule has 2 fully saturated rings. The molecule has 9 heteroatoms. The van der Waals surface area contributed by atoms with E-state index in [2.05, 4.69) is 14.9 Å². The van der Waals surface area contributed by atoms with Crippen molar-refractivity contribution in [1.29, 1.82) is 0 Å². The second-order valence-corrected chi connectivity index (χ2v) is 10.2. The number of fused-ring (bicyclic) bond motifs is 1. The zero-order chi connectivity index (χ0) is 24.2. The monoisotopic (exact) mass is 469 g/mol. The summed E-state index contributed by atoms with van der Waals surface area (Å²) in [6.07, 6.45) is 5.11. The van der Waals surface area contributed by atoms with Crippen molar-refractivity contribution in [1.82, 2.24) is 19.4 Å². The Labute approximate surface area is 197 Å². The number of amides is 1. The summed E-state index contributed by atoms with van der Waals surface area (Å²) in [5.74, 6) is 0.0924. The second kappa shape index (κ2) is 8.21. The van der Waals surface area contributed by atoms with Crippen LogP contribution in [0, 0.1) is 11.6 Å². The maximum Gasteiger partial charge on any atom is 0.410 e. The molecule has 180 valence electrons. The molecule has 3 heterocycles. The normalized spacial score (nSPS) is 19.1. The maximum atomic E-state index is 14.7. The number of piperazine rings is 1. The Balaban J connectivity index is 1.52. The van der Waals surface area contributed by atoms with E-state index in [1.54, 1.807) is 9.47 Å². The van der Waals surface area contributed by atoms with Gasteiger partial charge >= 0.3 is 6.09 Å². The molecule has 5 rings (SSSR count). The van der Waals surface area contributed by atoms with Crippen LogP contribution in [0.15, 0.2) is 30.7 Å². The number of rotatable bonds is 3. The number of carbonyl (C=O) groups excluding carboxylic acids is 1. The Kier molecular flexibility index (Phi) is 5.45. The van der Waals surface area contributed by atoms with Crippen molar-refractivity contribution < 1.29 is 18.3 Å². The number of anilines is 1.